The van der Waals surface area contributed by atoms with Gasteiger partial charge in [-0.25, -0.2) is 0 Å². The zero-order valence-corrected chi connectivity index (χ0v) is 10.1. The van der Waals surface area contributed by atoms with Crippen LogP contribution in [0, 0.1) is 0 Å². The van der Waals surface area contributed by atoms with Crippen molar-refractivity contribution in [1.29, 1.82) is 0 Å². The van der Waals surface area contributed by atoms with Gasteiger partial charge in [0.15, 0.2) is 0 Å². The second-order valence-electron chi connectivity index (χ2n) is 3.84. The van der Waals surface area contributed by atoms with Crippen LogP contribution in [-0.4, -0.2) is 11.1 Å². The van der Waals surface area contributed by atoms with Crippen molar-refractivity contribution < 1.29 is 14.6 Å². The number of hydrogen-bond donors (Lipinski definition) is 1. The van der Waals surface area contributed by atoms with Crippen LogP contribution in [0.1, 0.15) is 38.2 Å². The molecule has 3 nitrogen and oxygen atoms in total. The predicted molar refractivity (Wildman–Crippen MR) is 67.4 cm³/mol. The first kappa shape index (κ1) is 13.3. The molecule has 0 saturated carbocycles. The number of ether oxygens (including phenoxy) is 1. The first-order valence-electron chi connectivity index (χ1n) is 5.87. The monoisotopic (exact) mass is 234 g/mol. The fourth-order valence-corrected chi connectivity index (χ4v) is 1.35. The van der Waals surface area contributed by atoms with Crippen LogP contribution >= 0.6 is 0 Å². The van der Waals surface area contributed by atoms with Crippen molar-refractivity contribution >= 4 is 12.0 Å². The molecule has 1 N–H and O–H groups in total. The summed E-state index contributed by atoms with van der Waals surface area (Å²) < 4.78 is 4.94. The van der Waals surface area contributed by atoms with Gasteiger partial charge in [0.2, 0.25) is 0 Å². The number of carbonyl (C=O) groups is 1. The molecular weight excluding hydrogens is 216 g/mol. The van der Waals surface area contributed by atoms with Crippen molar-refractivity contribution in [3.63, 3.8) is 0 Å². The zero-order valence-electron chi connectivity index (χ0n) is 10.1. The Balaban J connectivity index is 2.29. The van der Waals surface area contributed by atoms with Crippen LogP contribution in [0.3, 0.4) is 0 Å². The maximum absolute atomic E-state index is 11.2. The number of unbranched alkanes of at least 4 members (excludes halogenated alkanes) is 2. The van der Waals surface area contributed by atoms with Gasteiger partial charge in [-0.2, -0.15) is 0 Å². The normalized spacial score (nSPS) is 10.6. The molecule has 0 aliphatic heterocycles. The number of hydrogen-bond acceptors (Lipinski definition) is 3. The van der Waals surface area contributed by atoms with Gasteiger partial charge in [-0.05, 0) is 30.2 Å². The van der Waals surface area contributed by atoms with Crippen molar-refractivity contribution in [2.75, 3.05) is 0 Å². The first-order valence-corrected chi connectivity index (χ1v) is 5.87. The lowest BCUT2D eigenvalue weighted by molar-refractivity contribution is -0.138. The van der Waals surface area contributed by atoms with Gasteiger partial charge < -0.3 is 9.84 Å². The number of rotatable bonds is 6. The molecule has 17 heavy (non-hydrogen) atoms. The Morgan fingerprint density at radius 2 is 2.00 bits per heavy atom. The summed E-state index contributed by atoms with van der Waals surface area (Å²) in [6.07, 6.45) is 6.57. The quantitative estimate of drug-likeness (QED) is 0.465. The van der Waals surface area contributed by atoms with Crippen molar-refractivity contribution in [1.82, 2.24) is 0 Å². The van der Waals surface area contributed by atoms with Gasteiger partial charge >= 0.3 is 5.97 Å². The molecule has 0 radical (unpaired) electrons. The third-order valence-corrected chi connectivity index (χ3v) is 2.34. The molecule has 1 rings (SSSR count). The summed E-state index contributed by atoms with van der Waals surface area (Å²) in [5.41, 5.74) is 0.879. The van der Waals surface area contributed by atoms with E-state index in [1.54, 1.807) is 30.3 Å². The Morgan fingerprint density at radius 1 is 1.29 bits per heavy atom. The second-order valence-corrected chi connectivity index (χ2v) is 3.84. The van der Waals surface area contributed by atoms with E-state index in [0.717, 1.165) is 24.8 Å². The minimum Gasteiger partial charge on any atom is -0.508 e. The van der Waals surface area contributed by atoms with E-state index < -0.39 is 0 Å². The van der Waals surface area contributed by atoms with E-state index in [-0.39, 0.29) is 11.7 Å². The molecule has 0 atom stereocenters. The molecule has 1 aromatic carbocycles. The van der Waals surface area contributed by atoms with Crippen molar-refractivity contribution in [3.05, 3.63) is 36.1 Å². The van der Waals surface area contributed by atoms with E-state index >= 15 is 0 Å². The average molecular weight is 234 g/mol. The number of aromatic hydroxyl groups is 1. The predicted octanol–water partition coefficient (Wildman–Crippen LogP) is 3.49. The summed E-state index contributed by atoms with van der Waals surface area (Å²) in [5, 5.41) is 9.08. The lowest BCUT2D eigenvalue weighted by atomic mass is 10.2. The van der Waals surface area contributed by atoms with Gasteiger partial charge in [0.05, 0.1) is 6.26 Å². The van der Waals surface area contributed by atoms with Crippen molar-refractivity contribution in [2.24, 2.45) is 0 Å². The number of esters is 1. The maximum atomic E-state index is 11.2. The lowest BCUT2D eigenvalue weighted by Gasteiger charge is -1.98. The number of phenols is 1. The van der Waals surface area contributed by atoms with Crippen molar-refractivity contribution in [2.45, 2.75) is 32.6 Å². The molecule has 0 spiro atoms. The standard InChI is InChI=1S/C14H18O3/c1-2-3-4-5-14(16)17-11-10-12-6-8-13(15)9-7-12/h6-11,15H,2-5H2,1H3. The summed E-state index contributed by atoms with van der Waals surface area (Å²) in [7, 11) is 0. The van der Waals surface area contributed by atoms with Gasteiger partial charge in [0.1, 0.15) is 5.75 Å². The summed E-state index contributed by atoms with van der Waals surface area (Å²) in [5.74, 6) is 0.0205. The largest absolute Gasteiger partial charge is 0.508 e. The van der Waals surface area contributed by atoms with Gasteiger partial charge in [0, 0.05) is 6.42 Å². The van der Waals surface area contributed by atoms with Crippen LogP contribution in [0.2, 0.25) is 0 Å². The first-order chi connectivity index (χ1) is 8.22. The van der Waals surface area contributed by atoms with Crippen LogP contribution in [0.5, 0.6) is 5.75 Å². The highest BCUT2D eigenvalue weighted by atomic mass is 16.5. The van der Waals surface area contributed by atoms with Crippen LogP contribution in [0.15, 0.2) is 30.5 Å². The Morgan fingerprint density at radius 3 is 2.65 bits per heavy atom. The van der Waals surface area contributed by atoms with E-state index in [4.69, 9.17) is 9.84 Å². The molecule has 3 heteroatoms. The second kappa shape index (κ2) is 7.49. The van der Waals surface area contributed by atoms with Crippen LogP contribution < -0.4 is 0 Å². The highest BCUT2D eigenvalue weighted by Crippen LogP contribution is 2.10. The fourth-order valence-electron chi connectivity index (χ4n) is 1.35. The summed E-state index contributed by atoms with van der Waals surface area (Å²) in [6.45, 7) is 2.09. The molecule has 0 fully saturated rings. The van der Waals surface area contributed by atoms with E-state index in [2.05, 4.69) is 6.92 Å². The highest BCUT2D eigenvalue weighted by Gasteiger charge is 1.99. The number of benzene rings is 1. The maximum Gasteiger partial charge on any atom is 0.310 e. The molecule has 0 heterocycles. The summed E-state index contributed by atoms with van der Waals surface area (Å²) in [6, 6.07) is 6.67. The molecule has 0 aromatic heterocycles. The summed E-state index contributed by atoms with van der Waals surface area (Å²) >= 11 is 0. The molecule has 0 saturated heterocycles. The highest BCUT2D eigenvalue weighted by molar-refractivity contribution is 5.70. The summed E-state index contributed by atoms with van der Waals surface area (Å²) in [4.78, 5) is 11.2. The zero-order chi connectivity index (χ0) is 12.5. The Bertz CT molecular complexity index is 366. The Labute approximate surface area is 102 Å². The number of phenolic OH excluding ortho intramolecular Hbond substituents is 1. The van der Waals surface area contributed by atoms with Gasteiger partial charge in [-0.3, -0.25) is 4.79 Å². The van der Waals surface area contributed by atoms with E-state index in [1.807, 2.05) is 0 Å². The molecule has 1 aromatic rings. The molecule has 0 unspecified atom stereocenters. The minimum atomic E-state index is -0.200. The van der Waals surface area contributed by atoms with Crippen molar-refractivity contribution in [3.8, 4) is 5.75 Å². The van der Waals surface area contributed by atoms with Crippen LogP contribution in [0.4, 0.5) is 0 Å². The van der Waals surface area contributed by atoms with Crippen LogP contribution in [-0.2, 0) is 9.53 Å². The smallest absolute Gasteiger partial charge is 0.310 e. The number of carbonyl (C=O) groups excluding carboxylic acids is 1. The van der Waals surface area contributed by atoms with Gasteiger partial charge in [-0.1, -0.05) is 31.9 Å². The van der Waals surface area contributed by atoms with E-state index in [1.165, 1.54) is 6.26 Å². The third-order valence-electron chi connectivity index (χ3n) is 2.34. The average Bonchev–Trinajstić information content (AvgIpc) is 2.32. The topological polar surface area (TPSA) is 46.5 Å². The van der Waals surface area contributed by atoms with Crippen LogP contribution in [0.25, 0.3) is 6.08 Å². The fraction of sp³-hybridized carbons (Fsp3) is 0.357. The molecule has 92 valence electrons. The molecule has 0 bridgehead atoms. The van der Waals surface area contributed by atoms with E-state index in [9.17, 15) is 4.79 Å². The minimum absolute atomic E-state index is 0.200. The SMILES string of the molecule is CCCCCC(=O)OC=Cc1ccc(O)cc1. The Kier molecular flexibility index (Phi) is 5.86. The third kappa shape index (κ3) is 5.76. The van der Waals surface area contributed by atoms with Gasteiger partial charge in [-0.15, -0.1) is 0 Å². The van der Waals surface area contributed by atoms with E-state index in [0.29, 0.717) is 6.42 Å². The molecule has 0 aliphatic carbocycles. The molecular formula is C14H18O3. The Hall–Kier alpha value is -1.77. The lowest BCUT2D eigenvalue weighted by Crippen LogP contribution is -1.98. The molecule has 0 amide bonds. The molecule has 0 aliphatic rings. The van der Waals surface area contributed by atoms with Gasteiger partial charge in [0.25, 0.3) is 0 Å².